The number of tetrazole rings is 1. The summed E-state index contributed by atoms with van der Waals surface area (Å²) in [6.45, 7) is 5.01. The fourth-order valence-electron chi connectivity index (χ4n) is 5.14. The van der Waals surface area contributed by atoms with Crippen molar-refractivity contribution in [1.29, 1.82) is 0 Å². The predicted octanol–water partition coefficient (Wildman–Crippen LogP) is 4.77. The lowest BCUT2D eigenvalue weighted by molar-refractivity contribution is -0.138. The molecule has 1 amide bonds. The van der Waals surface area contributed by atoms with E-state index in [0.717, 1.165) is 51.3 Å². The van der Waals surface area contributed by atoms with Crippen LogP contribution in [-0.2, 0) is 29.0 Å². The van der Waals surface area contributed by atoms with Crippen LogP contribution in [0.15, 0.2) is 60.7 Å². The van der Waals surface area contributed by atoms with Crippen molar-refractivity contribution >= 4 is 17.6 Å². The summed E-state index contributed by atoms with van der Waals surface area (Å²) in [6.07, 6.45) is 3.34. The lowest BCUT2D eigenvalue weighted by atomic mass is 9.91. The van der Waals surface area contributed by atoms with Crippen molar-refractivity contribution in [3.63, 3.8) is 0 Å². The van der Waals surface area contributed by atoms with E-state index in [9.17, 15) is 9.59 Å². The largest absolute Gasteiger partial charge is 0.493 e. The van der Waals surface area contributed by atoms with Gasteiger partial charge in [0.25, 0.3) is 0 Å². The van der Waals surface area contributed by atoms with Crippen LogP contribution >= 0.6 is 0 Å². The molecule has 0 bridgehead atoms. The number of aromatic nitrogens is 4. The van der Waals surface area contributed by atoms with Crippen molar-refractivity contribution in [2.45, 2.75) is 52.5 Å². The van der Waals surface area contributed by atoms with Crippen molar-refractivity contribution < 1.29 is 19.4 Å². The molecule has 0 fully saturated rings. The van der Waals surface area contributed by atoms with E-state index in [0.29, 0.717) is 38.2 Å². The average Bonchev–Trinajstić information content (AvgIpc) is 3.38. The van der Waals surface area contributed by atoms with Gasteiger partial charge in [0.2, 0.25) is 5.91 Å². The van der Waals surface area contributed by atoms with Crippen LogP contribution in [0, 0.1) is 13.8 Å². The summed E-state index contributed by atoms with van der Waals surface area (Å²) < 4.78 is 5.96. The molecule has 4 aromatic rings. The van der Waals surface area contributed by atoms with Gasteiger partial charge in [-0.15, -0.1) is 10.2 Å². The summed E-state index contributed by atoms with van der Waals surface area (Å²) in [5, 5.41) is 20.9. The second-order valence-electron chi connectivity index (χ2n) is 10.1. The van der Waals surface area contributed by atoms with E-state index in [2.05, 4.69) is 53.5 Å². The number of hydrogen-bond acceptors (Lipinski definition) is 6. The van der Waals surface area contributed by atoms with E-state index >= 15 is 0 Å². The van der Waals surface area contributed by atoms with Gasteiger partial charge in [-0.2, -0.15) is 4.80 Å². The van der Waals surface area contributed by atoms with Gasteiger partial charge in [-0.1, -0.05) is 48.5 Å². The van der Waals surface area contributed by atoms with Gasteiger partial charge in [0.1, 0.15) is 5.75 Å². The third-order valence-electron chi connectivity index (χ3n) is 7.27. The van der Waals surface area contributed by atoms with Crippen molar-refractivity contribution in [1.82, 2.24) is 20.2 Å². The van der Waals surface area contributed by atoms with Gasteiger partial charge in [-0.3, -0.25) is 9.59 Å². The van der Waals surface area contributed by atoms with Crippen molar-refractivity contribution in [3.05, 3.63) is 88.7 Å². The summed E-state index contributed by atoms with van der Waals surface area (Å²) in [6, 6.07) is 20.3. The molecule has 0 saturated heterocycles. The maximum Gasteiger partial charge on any atom is 0.327 e. The molecule has 9 nitrogen and oxygen atoms in total. The molecule has 0 atom stereocenters. The number of benzene rings is 3. The standard InChI is InChI=1S/C31H33N5O4/c1-21-8-3-14-28(22(21)2)40-17-7-15-30(37)35-16-6-12-26-25(11-5-13-27(26)35)24-10-4-9-23(18-24)19-29-32-34-36(33-29)20-31(38)39/h3-5,8-11,13-14,18H,6-7,12,15-17,19-20H2,1-2H3,(H,38,39). The minimum absolute atomic E-state index is 0.118. The number of amides is 1. The molecule has 9 heteroatoms. The summed E-state index contributed by atoms with van der Waals surface area (Å²) in [4.78, 5) is 27.2. The molecule has 3 aromatic carbocycles. The Labute approximate surface area is 233 Å². The number of carbonyl (C=O) groups is 2. The monoisotopic (exact) mass is 539 g/mol. The van der Waals surface area contributed by atoms with Crippen LogP contribution in [0.1, 0.15) is 47.3 Å². The van der Waals surface area contributed by atoms with Gasteiger partial charge in [0, 0.05) is 25.1 Å². The molecule has 1 aliphatic heterocycles. The Bertz CT molecular complexity index is 1530. The number of aryl methyl sites for hydroxylation is 1. The molecule has 2 heterocycles. The van der Waals surface area contributed by atoms with Gasteiger partial charge in [-0.25, -0.2) is 0 Å². The highest BCUT2D eigenvalue weighted by molar-refractivity contribution is 5.96. The number of hydrogen-bond donors (Lipinski definition) is 1. The Morgan fingerprint density at radius 3 is 2.73 bits per heavy atom. The zero-order chi connectivity index (χ0) is 28.1. The molecule has 0 aliphatic carbocycles. The van der Waals surface area contributed by atoms with Gasteiger partial charge in [0.15, 0.2) is 12.4 Å². The number of carbonyl (C=O) groups excluding carboxylic acids is 1. The first-order valence-corrected chi connectivity index (χ1v) is 13.6. The zero-order valence-electron chi connectivity index (χ0n) is 22.8. The molecule has 5 rings (SSSR count). The quantitative estimate of drug-likeness (QED) is 0.289. The number of anilines is 1. The second kappa shape index (κ2) is 12.1. The van der Waals surface area contributed by atoms with Crippen molar-refractivity contribution in [3.8, 4) is 16.9 Å². The van der Waals surface area contributed by atoms with Gasteiger partial charge < -0.3 is 14.7 Å². The molecule has 40 heavy (non-hydrogen) atoms. The number of carboxylic acid groups (broad SMARTS) is 1. The lowest BCUT2D eigenvalue weighted by Crippen LogP contribution is -2.35. The van der Waals surface area contributed by atoms with Crippen LogP contribution in [0.25, 0.3) is 11.1 Å². The smallest absolute Gasteiger partial charge is 0.327 e. The van der Waals surface area contributed by atoms with Crippen LogP contribution in [0.3, 0.4) is 0 Å². The summed E-state index contributed by atoms with van der Waals surface area (Å²) in [5.41, 5.74) is 7.65. The maximum absolute atomic E-state index is 13.3. The minimum atomic E-state index is -1.02. The molecule has 0 unspecified atom stereocenters. The number of rotatable bonds is 10. The molecule has 0 radical (unpaired) electrons. The molecule has 1 N–H and O–H groups in total. The number of nitrogens with zero attached hydrogens (tertiary/aromatic N) is 5. The number of ether oxygens (including phenoxy) is 1. The van der Waals surface area contributed by atoms with Gasteiger partial charge in [0.05, 0.1) is 6.61 Å². The first-order chi connectivity index (χ1) is 19.4. The highest BCUT2D eigenvalue weighted by Crippen LogP contribution is 2.36. The van der Waals surface area contributed by atoms with E-state index in [4.69, 9.17) is 9.84 Å². The Balaban J connectivity index is 1.27. The molecule has 206 valence electrons. The van der Waals surface area contributed by atoms with E-state index in [1.807, 2.05) is 41.3 Å². The number of fused-ring (bicyclic) bond motifs is 1. The van der Waals surface area contributed by atoms with Crippen molar-refractivity contribution in [2.24, 2.45) is 0 Å². The van der Waals surface area contributed by atoms with Crippen LogP contribution in [0.4, 0.5) is 5.69 Å². The van der Waals surface area contributed by atoms with Crippen LogP contribution in [-0.4, -0.2) is 50.3 Å². The number of aliphatic carboxylic acids is 1. The van der Waals surface area contributed by atoms with Gasteiger partial charge in [-0.05, 0) is 83.8 Å². The van der Waals surface area contributed by atoms with E-state index < -0.39 is 5.97 Å². The fraction of sp³-hybridized carbons (Fsp3) is 0.323. The molecular formula is C31H33N5O4. The highest BCUT2D eigenvalue weighted by Gasteiger charge is 2.24. The topological polar surface area (TPSA) is 110 Å². The third kappa shape index (κ3) is 6.20. The zero-order valence-corrected chi connectivity index (χ0v) is 22.8. The normalized spacial score (nSPS) is 12.7. The lowest BCUT2D eigenvalue weighted by Gasteiger charge is -2.31. The first kappa shape index (κ1) is 27.1. The summed E-state index contributed by atoms with van der Waals surface area (Å²) in [7, 11) is 0. The third-order valence-corrected chi connectivity index (χ3v) is 7.27. The highest BCUT2D eigenvalue weighted by atomic mass is 16.5. The predicted molar refractivity (Wildman–Crippen MR) is 151 cm³/mol. The van der Waals surface area contributed by atoms with Crippen LogP contribution in [0.2, 0.25) is 0 Å². The van der Waals surface area contributed by atoms with Crippen molar-refractivity contribution in [2.75, 3.05) is 18.1 Å². The first-order valence-electron chi connectivity index (χ1n) is 13.6. The van der Waals surface area contributed by atoms with Gasteiger partial charge >= 0.3 is 5.97 Å². The van der Waals surface area contributed by atoms with E-state index in [1.54, 1.807) is 0 Å². The molecule has 1 aliphatic rings. The Hall–Kier alpha value is -4.53. The summed E-state index contributed by atoms with van der Waals surface area (Å²) in [5.74, 6) is 0.444. The Morgan fingerprint density at radius 2 is 1.88 bits per heavy atom. The Morgan fingerprint density at radius 1 is 1.05 bits per heavy atom. The Kier molecular flexibility index (Phi) is 8.19. The van der Waals surface area contributed by atoms with E-state index in [-0.39, 0.29) is 12.5 Å². The second-order valence-corrected chi connectivity index (χ2v) is 10.1. The van der Waals surface area contributed by atoms with Crippen LogP contribution in [0.5, 0.6) is 5.75 Å². The maximum atomic E-state index is 13.3. The van der Waals surface area contributed by atoms with E-state index in [1.165, 1.54) is 11.1 Å². The SMILES string of the molecule is Cc1cccc(OCCCC(=O)N2CCCc3c(-c4cccc(Cc5nnn(CC(=O)O)n5)c4)cccc32)c1C. The van der Waals surface area contributed by atoms with Crippen LogP contribution < -0.4 is 9.64 Å². The fourth-order valence-corrected chi connectivity index (χ4v) is 5.14. The summed E-state index contributed by atoms with van der Waals surface area (Å²) >= 11 is 0. The molecule has 1 aromatic heterocycles. The molecule has 0 spiro atoms. The number of carboxylic acids is 1. The minimum Gasteiger partial charge on any atom is -0.493 e. The average molecular weight is 540 g/mol. The molecular weight excluding hydrogens is 506 g/mol. The molecule has 0 saturated carbocycles.